The van der Waals surface area contributed by atoms with Crippen molar-refractivity contribution in [3.8, 4) is 17.0 Å². The number of carbonyl (C=O) groups is 1. The lowest BCUT2D eigenvalue weighted by Crippen LogP contribution is -2.14. The molecule has 2 aromatic carbocycles. The summed E-state index contributed by atoms with van der Waals surface area (Å²) in [5, 5.41) is 4.78. The molecule has 0 aliphatic carbocycles. The normalized spacial score (nSPS) is 10.8. The van der Waals surface area contributed by atoms with E-state index >= 15 is 0 Å². The summed E-state index contributed by atoms with van der Waals surface area (Å²) in [5.74, 6) is -0.628. The van der Waals surface area contributed by atoms with Gasteiger partial charge in [-0.25, -0.2) is 9.37 Å². The second kappa shape index (κ2) is 8.01. The van der Waals surface area contributed by atoms with Crippen LogP contribution in [0.3, 0.4) is 0 Å². The topological polar surface area (TPSA) is 51.2 Å². The molecular formula is C18H13F3N2O2S. The molecule has 8 heteroatoms. The number of amides is 1. The molecule has 3 rings (SSSR count). The van der Waals surface area contributed by atoms with Crippen molar-refractivity contribution in [2.24, 2.45) is 0 Å². The maximum absolute atomic E-state index is 13.3. The average Bonchev–Trinajstić information content (AvgIpc) is 3.04. The first kappa shape index (κ1) is 17.9. The molecule has 0 fully saturated rings. The number of hydrogen-bond acceptors (Lipinski definition) is 4. The summed E-state index contributed by atoms with van der Waals surface area (Å²) in [6.07, 6.45) is 0.0594. The molecule has 0 aliphatic heterocycles. The van der Waals surface area contributed by atoms with Gasteiger partial charge in [-0.05, 0) is 29.8 Å². The first-order chi connectivity index (χ1) is 12.5. The van der Waals surface area contributed by atoms with Crippen molar-refractivity contribution in [1.82, 2.24) is 4.98 Å². The van der Waals surface area contributed by atoms with Crippen molar-refractivity contribution in [2.45, 2.75) is 13.0 Å². The highest BCUT2D eigenvalue weighted by Gasteiger charge is 2.10. The number of nitrogens with one attached hydrogen (secondary N) is 1. The molecule has 0 spiro atoms. The predicted octanol–water partition coefficient (Wildman–Crippen LogP) is 4.73. The van der Waals surface area contributed by atoms with Gasteiger partial charge in [0.2, 0.25) is 5.91 Å². The van der Waals surface area contributed by atoms with Crippen molar-refractivity contribution in [2.75, 3.05) is 5.32 Å². The molecule has 26 heavy (non-hydrogen) atoms. The summed E-state index contributed by atoms with van der Waals surface area (Å²) in [4.78, 5) is 16.4. The maximum Gasteiger partial charge on any atom is 0.387 e. The van der Waals surface area contributed by atoms with Gasteiger partial charge in [-0.3, -0.25) is 4.79 Å². The van der Waals surface area contributed by atoms with E-state index in [1.807, 2.05) is 0 Å². The van der Waals surface area contributed by atoms with Crippen molar-refractivity contribution in [3.63, 3.8) is 0 Å². The van der Waals surface area contributed by atoms with E-state index in [0.29, 0.717) is 22.0 Å². The molecule has 1 heterocycles. The van der Waals surface area contributed by atoms with E-state index in [1.165, 1.54) is 47.7 Å². The zero-order valence-electron chi connectivity index (χ0n) is 13.3. The molecule has 0 bridgehead atoms. The van der Waals surface area contributed by atoms with Crippen LogP contribution in [0.15, 0.2) is 53.9 Å². The fourth-order valence-electron chi connectivity index (χ4n) is 2.25. The Hall–Kier alpha value is -2.87. The standard InChI is InChI=1S/C18H13F3N2O2S/c19-13-3-1-2-12(9-13)15-10-26-18(22-15)23-16(24)8-11-4-6-14(7-5-11)25-17(20)21/h1-7,9-10,17H,8H2,(H,22,23,24). The SMILES string of the molecule is O=C(Cc1ccc(OC(F)F)cc1)Nc1nc(-c2cccc(F)c2)cs1. The number of carbonyl (C=O) groups excluding carboxylic acids is 1. The number of benzene rings is 2. The number of aromatic nitrogens is 1. The van der Waals surface area contributed by atoms with E-state index in [4.69, 9.17) is 0 Å². The summed E-state index contributed by atoms with van der Waals surface area (Å²) in [6, 6.07) is 11.9. The Morgan fingerprint density at radius 1 is 1.19 bits per heavy atom. The highest BCUT2D eigenvalue weighted by molar-refractivity contribution is 7.14. The number of rotatable bonds is 6. The Morgan fingerprint density at radius 3 is 2.65 bits per heavy atom. The van der Waals surface area contributed by atoms with E-state index in [2.05, 4.69) is 15.0 Å². The molecule has 1 aromatic heterocycles. The van der Waals surface area contributed by atoms with Gasteiger partial charge < -0.3 is 10.1 Å². The Balaban J connectivity index is 1.60. The van der Waals surface area contributed by atoms with E-state index in [-0.39, 0.29) is 23.9 Å². The Kier molecular flexibility index (Phi) is 5.52. The van der Waals surface area contributed by atoms with Crippen LogP contribution in [0, 0.1) is 5.82 Å². The van der Waals surface area contributed by atoms with Gasteiger partial charge in [0.05, 0.1) is 12.1 Å². The fourth-order valence-corrected chi connectivity index (χ4v) is 2.99. The predicted molar refractivity (Wildman–Crippen MR) is 92.9 cm³/mol. The summed E-state index contributed by atoms with van der Waals surface area (Å²) in [6.45, 7) is -2.89. The van der Waals surface area contributed by atoms with Gasteiger partial charge in [-0.15, -0.1) is 11.3 Å². The molecule has 4 nitrogen and oxygen atoms in total. The Bertz CT molecular complexity index is 897. The van der Waals surface area contributed by atoms with E-state index in [1.54, 1.807) is 17.5 Å². The second-order valence-electron chi connectivity index (χ2n) is 5.30. The van der Waals surface area contributed by atoms with Gasteiger partial charge in [0.1, 0.15) is 11.6 Å². The first-order valence-corrected chi connectivity index (χ1v) is 8.42. The number of nitrogens with zero attached hydrogens (tertiary/aromatic N) is 1. The molecular weight excluding hydrogens is 365 g/mol. The lowest BCUT2D eigenvalue weighted by molar-refractivity contribution is -0.115. The Labute approximate surface area is 151 Å². The van der Waals surface area contributed by atoms with Crippen LogP contribution in [0.4, 0.5) is 18.3 Å². The number of ether oxygens (including phenoxy) is 1. The zero-order valence-corrected chi connectivity index (χ0v) is 14.1. The number of thiazole rings is 1. The van der Waals surface area contributed by atoms with Crippen LogP contribution in [0.2, 0.25) is 0 Å². The van der Waals surface area contributed by atoms with Gasteiger partial charge in [0, 0.05) is 10.9 Å². The van der Waals surface area contributed by atoms with Crippen LogP contribution in [-0.2, 0) is 11.2 Å². The van der Waals surface area contributed by atoms with E-state index in [9.17, 15) is 18.0 Å². The van der Waals surface area contributed by atoms with Gasteiger partial charge in [0.25, 0.3) is 0 Å². The molecule has 0 saturated carbocycles. The number of halogens is 3. The molecule has 1 N–H and O–H groups in total. The van der Waals surface area contributed by atoms with Crippen molar-refractivity contribution >= 4 is 22.4 Å². The summed E-state index contributed by atoms with van der Waals surface area (Å²) in [7, 11) is 0. The van der Waals surface area contributed by atoms with Crippen molar-refractivity contribution < 1.29 is 22.7 Å². The smallest absolute Gasteiger partial charge is 0.387 e. The largest absolute Gasteiger partial charge is 0.435 e. The summed E-state index contributed by atoms with van der Waals surface area (Å²) in [5.41, 5.74) is 1.83. The first-order valence-electron chi connectivity index (χ1n) is 7.54. The van der Waals surface area contributed by atoms with Crippen molar-refractivity contribution in [3.05, 3.63) is 65.3 Å². The number of alkyl halides is 2. The fraction of sp³-hybridized carbons (Fsp3) is 0.111. The third kappa shape index (κ3) is 4.82. The van der Waals surface area contributed by atoms with Crippen LogP contribution in [0.1, 0.15) is 5.56 Å². The van der Waals surface area contributed by atoms with Crippen LogP contribution in [0.5, 0.6) is 5.75 Å². The lowest BCUT2D eigenvalue weighted by atomic mass is 10.1. The molecule has 0 saturated heterocycles. The highest BCUT2D eigenvalue weighted by atomic mass is 32.1. The van der Waals surface area contributed by atoms with Crippen LogP contribution in [0.25, 0.3) is 11.3 Å². The minimum absolute atomic E-state index is 0.0313. The van der Waals surface area contributed by atoms with Crippen LogP contribution >= 0.6 is 11.3 Å². The minimum Gasteiger partial charge on any atom is -0.435 e. The van der Waals surface area contributed by atoms with E-state index < -0.39 is 6.61 Å². The van der Waals surface area contributed by atoms with Crippen molar-refractivity contribution in [1.29, 1.82) is 0 Å². The number of hydrogen-bond donors (Lipinski definition) is 1. The molecule has 0 unspecified atom stereocenters. The summed E-state index contributed by atoms with van der Waals surface area (Å²) >= 11 is 1.23. The molecule has 0 atom stereocenters. The molecule has 3 aromatic rings. The highest BCUT2D eigenvalue weighted by Crippen LogP contribution is 2.25. The van der Waals surface area contributed by atoms with Gasteiger partial charge >= 0.3 is 6.61 Å². The average molecular weight is 378 g/mol. The lowest BCUT2D eigenvalue weighted by Gasteiger charge is -2.06. The molecule has 134 valence electrons. The van der Waals surface area contributed by atoms with Crippen LogP contribution in [-0.4, -0.2) is 17.5 Å². The third-order valence-electron chi connectivity index (χ3n) is 3.38. The minimum atomic E-state index is -2.89. The quantitative estimate of drug-likeness (QED) is 0.675. The van der Waals surface area contributed by atoms with Gasteiger partial charge in [0.15, 0.2) is 5.13 Å². The molecule has 1 amide bonds. The third-order valence-corrected chi connectivity index (χ3v) is 4.14. The number of anilines is 1. The summed E-state index contributed by atoms with van der Waals surface area (Å²) < 4.78 is 41.7. The van der Waals surface area contributed by atoms with Gasteiger partial charge in [-0.2, -0.15) is 8.78 Å². The monoisotopic (exact) mass is 378 g/mol. The maximum atomic E-state index is 13.3. The zero-order chi connectivity index (χ0) is 18.5. The molecule has 0 aliphatic rings. The Morgan fingerprint density at radius 2 is 1.96 bits per heavy atom. The van der Waals surface area contributed by atoms with Gasteiger partial charge in [-0.1, -0.05) is 24.3 Å². The molecule has 0 radical (unpaired) electrons. The second-order valence-corrected chi connectivity index (χ2v) is 6.15. The van der Waals surface area contributed by atoms with E-state index in [0.717, 1.165) is 0 Å². The van der Waals surface area contributed by atoms with Crippen LogP contribution < -0.4 is 10.1 Å².